The van der Waals surface area contributed by atoms with Crippen molar-refractivity contribution in [2.75, 3.05) is 6.54 Å². The Morgan fingerprint density at radius 2 is 2.25 bits per heavy atom. The highest BCUT2D eigenvalue weighted by Gasteiger charge is 2.36. The first-order chi connectivity index (χ1) is 13.7. The fourth-order valence-corrected chi connectivity index (χ4v) is 4.48. The molecular formula is C20H19N5O2S. The van der Waals surface area contributed by atoms with Crippen LogP contribution in [0.5, 0.6) is 0 Å². The van der Waals surface area contributed by atoms with E-state index in [0.717, 1.165) is 44.6 Å². The molecule has 1 atom stereocenters. The average Bonchev–Trinajstić information content (AvgIpc) is 3.43. The minimum Gasteiger partial charge on any atom is -0.458 e. The van der Waals surface area contributed by atoms with Gasteiger partial charge in [0.2, 0.25) is 5.91 Å². The number of carbonyl (C=O) groups is 1. The largest absolute Gasteiger partial charge is 0.458 e. The Balaban J connectivity index is 1.46. The number of para-hydroxylation sites is 1. The third kappa shape index (κ3) is 2.99. The molecule has 8 heteroatoms. The number of imidazole rings is 1. The Bertz CT molecular complexity index is 1110. The number of amides is 1. The van der Waals surface area contributed by atoms with Crippen molar-refractivity contribution in [2.45, 2.75) is 32.2 Å². The summed E-state index contributed by atoms with van der Waals surface area (Å²) in [5.74, 6) is 0.821. The standard InChI is InChI=1S/C20H19N5O2S/c1-12-23-24-17(28-12)6-7-18(26)25-9-8-14-19(22-11-21-14)20(25)16-10-13-4-2-3-5-15(13)27-16/h2-5,10-11,20H,6-9H2,1H3,(H,21,22)/t20-/m0/s1. The van der Waals surface area contributed by atoms with Crippen LogP contribution in [0.4, 0.5) is 0 Å². The van der Waals surface area contributed by atoms with Crippen molar-refractivity contribution < 1.29 is 9.21 Å². The third-order valence-electron chi connectivity index (χ3n) is 5.08. The predicted molar refractivity (Wildman–Crippen MR) is 105 cm³/mol. The zero-order valence-electron chi connectivity index (χ0n) is 15.4. The second-order valence-electron chi connectivity index (χ2n) is 6.91. The van der Waals surface area contributed by atoms with E-state index in [2.05, 4.69) is 20.2 Å². The van der Waals surface area contributed by atoms with Gasteiger partial charge in [0.1, 0.15) is 27.4 Å². The van der Waals surface area contributed by atoms with Crippen molar-refractivity contribution >= 4 is 28.2 Å². The first-order valence-corrected chi connectivity index (χ1v) is 10.1. The Hall–Kier alpha value is -3.00. The third-order valence-corrected chi connectivity index (χ3v) is 5.98. The lowest BCUT2D eigenvalue weighted by atomic mass is 9.99. The van der Waals surface area contributed by atoms with Crippen LogP contribution in [0.2, 0.25) is 0 Å². The summed E-state index contributed by atoms with van der Waals surface area (Å²) in [7, 11) is 0. The zero-order valence-corrected chi connectivity index (χ0v) is 16.2. The Kier molecular flexibility index (Phi) is 4.20. The first-order valence-electron chi connectivity index (χ1n) is 9.28. The molecule has 4 heterocycles. The number of nitrogens with zero attached hydrogens (tertiary/aromatic N) is 4. The number of carbonyl (C=O) groups excluding carboxylic acids is 1. The van der Waals surface area contributed by atoms with Gasteiger partial charge in [-0.1, -0.05) is 18.2 Å². The van der Waals surface area contributed by atoms with Crippen molar-refractivity contribution in [2.24, 2.45) is 0 Å². The molecule has 4 aromatic rings. The summed E-state index contributed by atoms with van der Waals surface area (Å²) >= 11 is 1.54. The predicted octanol–water partition coefficient (Wildman–Crippen LogP) is 3.42. The summed E-state index contributed by atoms with van der Waals surface area (Å²) < 4.78 is 6.11. The lowest BCUT2D eigenvalue weighted by Crippen LogP contribution is -2.40. The molecule has 28 heavy (non-hydrogen) atoms. The quantitative estimate of drug-likeness (QED) is 0.574. The van der Waals surface area contributed by atoms with Gasteiger partial charge in [0.15, 0.2) is 0 Å². The van der Waals surface area contributed by atoms with E-state index in [9.17, 15) is 4.79 Å². The topological polar surface area (TPSA) is 87.9 Å². The van der Waals surface area contributed by atoms with E-state index < -0.39 is 0 Å². The molecule has 0 unspecified atom stereocenters. The van der Waals surface area contributed by atoms with Crippen LogP contribution in [0.15, 0.2) is 41.1 Å². The molecule has 1 aliphatic heterocycles. The van der Waals surface area contributed by atoms with Gasteiger partial charge in [0, 0.05) is 36.9 Å². The molecule has 1 amide bonds. The van der Waals surface area contributed by atoms with E-state index in [1.165, 1.54) is 11.3 Å². The molecule has 7 nitrogen and oxygen atoms in total. The van der Waals surface area contributed by atoms with Gasteiger partial charge in [-0.3, -0.25) is 4.79 Å². The monoisotopic (exact) mass is 393 g/mol. The summed E-state index contributed by atoms with van der Waals surface area (Å²) in [5, 5.41) is 11.0. The number of hydrogen-bond donors (Lipinski definition) is 1. The van der Waals surface area contributed by atoms with Crippen molar-refractivity contribution in [3.05, 3.63) is 63.8 Å². The maximum Gasteiger partial charge on any atom is 0.223 e. The molecule has 1 N–H and O–H groups in total. The van der Waals surface area contributed by atoms with Gasteiger partial charge >= 0.3 is 0 Å². The molecule has 0 bridgehead atoms. The SMILES string of the molecule is Cc1nnc(CCC(=O)N2CCc3[nH]cnc3[C@@H]2c2cc3ccccc3o2)s1. The molecule has 1 aromatic carbocycles. The van der Waals surface area contributed by atoms with Crippen molar-refractivity contribution in [3.8, 4) is 0 Å². The Labute approximate surface area is 165 Å². The minimum atomic E-state index is -0.314. The average molecular weight is 393 g/mol. The van der Waals surface area contributed by atoms with E-state index in [-0.39, 0.29) is 11.9 Å². The molecule has 0 saturated carbocycles. The van der Waals surface area contributed by atoms with E-state index in [0.29, 0.717) is 19.4 Å². The van der Waals surface area contributed by atoms with Crippen molar-refractivity contribution in [3.63, 3.8) is 0 Å². The van der Waals surface area contributed by atoms with Gasteiger partial charge in [-0.25, -0.2) is 4.98 Å². The molecule has 3 aromatic heterocycles. The maximum atomic E-state index is 13.1. The van der Waals surface area contributed by atoms with Crippen LogP contribution < -0.4 is 0 Å². The van der Waals surface area contributed by atoms with Crippen LogP contribution in [-0.4, -0.2) is 37.5 Å². The van der Waals surface area contributed by atoms with E-state index in [1.54, 1.807) is 6.33 Å². The van der Waals surface area contributed by atoms with Crippen LogP contribution in [-0.2, 0) is 17.6 Å². The van der Waals surface area contributed by atoms with Gasteiger partial charge < -0.3 is 14.3 Å². The highest BCUT2D eigenvalue weighted by atomic mass is 32.1. The van der Waals surface area contributed by atoms with Crippen LogP contribution in [0, 0.1) is 6.92 Å². The number of benzene rings is 1. The van der Waals surface area contributed by atoms with Gasteiger partial charge in [0.25, 0.3) is 0 Å². The lowest BCUT2D eigenvalue weighted by Gasteiger charge is -2.33. The number of fused-ring (bicyclic) bond motifs is 2. The molecule has 5 rings (SSSR count). The second kappa shape index (κ2) is 6.87. The molecular weight excluding hydrogens is 374 g/mol. The summed E-state index contributed by atoms with van der Waals surface area (Å²) in [6.07, 6.45) is 3.44. The van der Waals surface area contributed by atoms with E-state index in [1.807, 2.05) is 42.2 Å². The fraction of sp³-hybridized carbons (Fsp3) is 0.300. The number of aryl methyl sites for hydroxylation is 2. The highest BCUT2D eigenvalue weighted by Crippen LogP contribution is 2.36. The lowest BCUT2D eigenvalue weighted by molar-refractivity contribution is -0.133. The highest BCUT2D eigenvalue weighted by molar-refractivity contribution is 7.11. The van der Waals surface area contributed by atoms with Gasteiger partial charge in [0.05, 0.1) is 12.0 Å². The summed E-state index contributed by atoms with van der Waals surface area (Å²) in [4.78, 5) is 22.7. The summed E-state index contributed by atoms with van der Waals surface area (Å²) in [6.45, 7) is 2.55. The molecule has 0 spiro atoms. The van der Waals surface area contributed by atoms with E-state index in [4.69, 9.17) is 4.42 Å². The number of aromatic amines is 1. The van der Waals surface area contributed by atoms with Crippen molar-refractivity contribution in [1.29, 1.82) is 0 Å². The minimum absolute atomic E-state index is 0.0759. The van der Waals surface area contributed by atoms with Gasteiger partial charge in [-0.05, 0) is 19.1 Å². The van der Waals surface area contributed by atoms with Crippen molar-refractivity contribution in [1.82, 2.24) is 25.1 Å². The number of aromatic nitrogens is 4. The first kappa shape index (κ1) is 17.1. The molecule has 0 radical (unpaired) electrons. The second-order valence-corrected chi connectivity index (χ2v) is 8.17. The van der Waals surface area contributed by atoms with Crippen LogP contribution in [0.1, 0.15) is 39.6 Å². The Morgan fingerprint density at radius 3 is 3.07 bits per heavy atom. The Morgan fingerprint density at radius 1 is 1.36 bits per heavy atom. The van der Waals surface area contributed by atoms with Crippen LogP contribution >= 0.6 is 11.3 Å². The zero-order chi connectivity index (χ0) is 19.1. The summed E-state index contributed by atoms with van der Waals surface area (Å²) in [6, 6.07) is 9.58. The molecule has 1 aliphatic rings. The molecule has 0 fully saturated rings. The smallest absolute Gasteiger partial charge is 0.223 e. The maximum absolute atomic E-state index is 13.1. The fourth-order valence-electron chi connectivity index (χ4n) is 3.77. The summed E-state index contributed by atoms with van der Waals surface area (Å²) in [5.41, 5.74) is 2.75. The normalized spacial score (nSPS) is 16.5. The number of H-pyrrole nitrogens is 1. The van der Waals surface area contributed by atoms with Crippen LogP contribution in [0.25, 0.3) is 11.0 Å². The molecule has 0 saturated heterocycles. The van der Waals surface area contributed by atoms with E-state index >= 15 is 0 Å². The number of furan rings is 1. The molecule has 142 valence electrons. The van der Waals surface area contributed by atoms with Gasteiger partial charge in [-0.15, -0.1) is 21.5 Å². The number of hydrogen-bond acceptors (Lipinski definition) is 6. The van der Waals surface area contributed by atoms with Crippen LogP contribution in [0.3, 0.4) is 0 Å². The molecule has 0 aliphatic carbocycles. The van der Waals surface area contributed by atoms with Gasteiger partial charge in [-0.2, -0.15) is 0 Å². The number of rotatable bonds is 4. The number of nitrogens with one attached hydrogen (secondary N) is 1.